The fourth-order valence-electron chi connectivity index (χ4n) is 3.20. The summed E-state index contributed by atoms with van der Waals surface area (Å²) in [7, 11) is 0. The van der Waals surface area contributed by atoms with Gasteiger partial charge in [-0.1, -0.05) is 54.6 Å². The Bertz CT molecular complexity index is 1010. The van der Waals surface area contributed by atoms with E-state index in [0.29, 0.717) is 12.8 Å². The van der Waals surface area contributed by atoms with Crippen LogP contribution in [0, 0.1) is 0 Å². The number of aromatic amines is 1. The van der Waals surface area contributed by atoms with E-state index in [1.54, 1.807) is 0 Å². The van der Waals surface area contributed by atoms with E-state index in [4.69, 9.17) is 0 Å². The van der Waals surface area contributed by atoms with E-state index in [2.05, 4.69) is 59.6 Å². The highest BCUT2D eigenvalue weighted by Crippen LogP contribution is 2.18. The largest absolute Gasteiger partial charge is 0.361 e. The lowest BCUT2D eigenvalue weighted by Gasteiger charge is -2.05. The van der Waals surface area contributed by atoms with Gasteiger partial charge in [-0.05, 0) is 45.8 Å². The van der Waals surface area contributed by atoms with Gasteiger partial charge in [-0.25, -0.2) is 0 Å². The first-order valence-corrected chi connectivity index (χ1v) is 8.33. The van der Waals surface area contributed by atoms with Crippen molar-refractivity contribution in [1.82, 2.24) is 4.98 Å². The molecule has 4 aromatic rings. The standard InChI is InChI=1S/C22H19NO/c24-21(10-7-16-5-9-19-11-12-23-22(19)15-16)14-17-6-8-18-3-1-2-4-20(18)13-17/h1-6,8-9,11-13,15,23H,7,10,14H2. The Labute approximate surface area is 141 Å². The summed E-state index contributed by atoms with van der Waals surface area (Å²) in [5, 5.41) is 3.62. The number of H-pyrrole nitrogens is 1. The number of aryl methyl sites for hydroxylation is 1. The third-order valence-electron chi connectivity index (χ3n) is 4.53. The molecule has 0 bridgehead atoms. The number of Topliss-reactive ketones (excluding diaryl/α,β-unsaturated/α-hetero) is 1. The maximum atomic E-state index is 12.3. The second kappa shape index (κ2) is 6.32. The smallest absolute Gasteiger partial charge is 0.137 e. The summed E-state index contributed by atoms with van der Waals surface area (Å²) >= 11 is 0. The first-order chi connectivity index (χ1) is 11.8. The van der Waals surface area contributed by atoms with Gasteiger partial charge in [-0.2, -0.15) is 0 Å². The predicted molar refractivity (Wildman–Crippen MR) is 99.3 cm³/mol. The molecule has 1 heterocycles. The summed E-state index contributed by atoms with van der Waals surface area (Å²) in [6.07, 6.45) is 3.83. The molecule has 1 aromatic heterocycles. The number of hydrogen-bond donors (Lipinski definition) is 1. The molecule has 24 heavy (non-hydrogen) atoms. The van der Waals surface area contributed by atoms with Gasteiger partial charge in [0, 0.05) is 24.6 Å². The van der Waals surface area contributed by atoms with E-state index < -0.39 is 0 Å². The van der Waals surface area contributed by atoms with Crippen LogP contribution in [0.1, 0.15) is 17.5 Å². The quantitative estimate of drug-likeness (QED) is 0.548. The van der Waals surface area contributed by atoms with E-state index in [-0.39, 0.29) is 5.78 Å². The molecular weight excluding hydrogens is 294 g/mol. The lowest BCUT2D eigenvalue weighted by molar-refractivity contribution is -0.118. The van der Waals surface area contributed by atoms with E-state index in [1.165, 1.54) is 21.7 Å². The van der Waals surface area contributed by atoms with Crippen LogP contribution in [0.4, 0.5) is 0 Å². The zero-order valence-corrected chi connectivity index (χ0v) is 13.5. The molecule has 0 spiro atoms. The Morgan fingerprint density at radius 1 is 0.792 bits per heavy atom. The lowest BCUT2D eigenvalue weighted by atomic mass is 10.00. The maximum Gasteiger partial charge on any atom is 0.137 e. The van der Waals surface area contributed by atoms with E-state index >= 15 is 0 Å². The fourth-order valence-corrected chi connectivity index (χ4v) is 3.20. The number of carbonyl (C=O) groups is 1. The minimum absolute atomic E-state index is 0.289. The van der Waals surface area contributed by atoms with Crippen LogP contribution < -0.4 is 0 Å². The van der Waals surface area contributed by atoms with Crippen LogP contribution in [0.15, 0.2) is 72.9 Å². The van der Waals surface area contributed by atoms with Gasteiger partial charge < -0.3 is 4.98 Å². The Kier molecular flexibility index (Phi) is 3.87. The number of nitrogens with one attached hydrogen (secondary N) is 1. The highest BCUT2D eigenvalue weighted by molar-refractivity contribution is 5.86. The van der Waals surface area contributed by atoms with Gasteiger partial charge in [0.1, 0.15) is 5.78 Å². The number of carbonyl (C=O) groups excluding carboxylic acids is 1. The zero-order chi connectivity index (χ0) is 16.4. The monoisotopic (exact) mass is 313 g/mol. The average molecular weight is 313 g/mol. The van der Waals surface area contributed by atoms with Crippen molar-refractivity contribution in [3.63, 3.8) is 0 Å². The van der Waals surface area contributed by atoms with E-state index in [0.717, 1.165) is 17.5 Å². The van der Waals surface area contributed by atoms with Crippen LogP contribution in [0.5, 0.6) is 0 Å². The second-order valence-electron chi connectivity index (χ2n) is 6.30. The van der Waals surface area contributed by atoms with Crippen LogP contribution in [-0.2, 0) is 17.6 Å². The van der Waals surface area contributed by atoms with Gasteiger partial charge in [0.15, 0.2) is 0 Å². The number of hydrogen-bond acceptors (Lipinski definition) is 1. The van der Waals surface area contributed by atoms with E-state index in [9.17, 15) is 4.79 Å². The first kappa shape index (κ1) is 14.7. The van der Waals surface area contributed by atoms with Crippen molar-refractivity contribution in [1.29, 1.82) is 0 Å². The van der Waals surface area contributed by atoms with Crippen molar-refractivity contribution < 1.29 is 4.79 Å². The van der Waals surface area contributed by atoms with Gasteiger partial charge in [-0.15, -0.1) is 0 Å². The van der Waals surface area contributed by atoms with Crippen molar-refractivity contribution in [2.24, 2.45) is 0 Å². The third-order valence-corrected chi connectivity index (χ3v) is 4.53. The number of benzene rings is 3. The Hall–Kier alpha value is -2.87. The Morgan fingerprint density at radius 2 is 1.58 bits per heavy atom. The molecule has 3 aromatic carbocycles. The van der Waals surface area contributed by atoms with Gasteiger partial charge in [0.2, 0.25) is 0 Å². The fraction of sp³-hybridized carbons (Fsp3) is 0.136. The summed E-state index contributed by atoms with van der Waals surface area (Å²) in [6.45, 7) is 0. The highest BCUT2D eigenvalue weighted by atomic mass is 16.1. The summed E-state index contributed by atoms with van der Waals surface area (Å²) in [6, 6.07) is 22.9. The topological polar surface area (TPSA) is 32.9 Å². The van der Waals surface area contributed by atoms with Gasteiger partial charge in [0.05, 0.1) is 0 Å². The molecule has 0 atom stereocenters. The molecule has 1 N–H and O–H groups in total. The van der Waals surface area contributed by atoms with Crippen LogP contribution in [0.25, 0.3) is 21.7 Å². The average Bonchev–Trinajstić information content (AvgIpc) is 3.07. The molecule has 0 aliphatic heterocycles. The molecule has 0 fully saturated rings. The maximum absolute atomic E-state index is 12.3. The molecule has 2 heteroatoms. The van der Waals surface area contributed by atoms with Crippen LogP contribution >= 0.6 is 0 Å². The third kappa shape index (κ3) is 3.09. The zero-order valence-electron chi connectivity index (χ0n) is 13.5. The summed E-state index contributed by atoms with van der Waals surface area (Å²) in [5.41, 5.74) is 3.44. The molecule has 4 rings (SSSR count). The number of aromatic nitrogens is 1. The molecule has 0 aliphatic rings. The minimum Gasteiger partial charge on any atom is -0.361 e. The molecule has 0 saturated heterocycles. The Balaban J connectivity index is 1.41. The summed E-state index contributed by atoms with van der Waals surface area (Å²) in [4.78, 5) is 15.5. The van der Waals surface area contributed by atoms with Crippen molar-refractivity contribution in [3.05, 3.63) is 84.1 Å². The van der Waals surface area contributed by atoms with Crippen LogP contribution in [0.2, 0.25) is 0 Å². The van der Waals surface area contributed by atoms with Crippen LogP contribution in [-0.4, -0.2) is 10.8 Å². The number of fused-ring (bicyclic) bond motifs is 2. The highest BCUT2D eigenvalue weighted by Gasteiger charge is 2.06. The molecular formula is C22H19NO. The van der Waals surface area contributed by atoms with Gasteiger partial charge in [0.25, 0.3) is 0 Å². The SMILES string of the molecule is O=C(CCc1ccc2cc[nH]c2c1)Cc1ccc2ccccc2c1. The number of rotatable bonds is 5. The van der Waals surface area contributed by atoms with Gasteiger partial charge in [-0.3, -0.25) is 4.79 Å². The second-order valence-corrected chi connectivity index (χ2v) is 6.30. The van der Waals surface area contributed by atoms with E-state index in [1.807, 2.05) is 18.3 Å². The van der Waals surface area contributed by atoms with Crippen molar-refractivity contribution in [3.8, 4) is 0 Å². The molecule has 2 nitrogen and oxygen atoms in total. The van der Waals surface area contributed by atoms with Crippen molar-refractivity contribution in [2.45, 2.75) is 19.3 Å². The molecule has 0 radical (unpaired) electrons. The van der Waals surface area contributed by atoms with Gasteiger partial charge >= 0.3 is 0 Å². The first-order valence-electron chi connectivity index (χ1n) is 8.33. The number of ketones is 1. The molecule has 0 unspecified atom stereocenters. The Morgan fingerprint density at radius 3 is 2.50 bits per heavy atom. The molecule has 118 valence electrons. The molecule has 0 aliphatic carbocycles. The predicted octanol–water partition coefficient (Wildman–Crippen LogP) is 5.07. The summed E-state index contributed by atoms with van der Waals surface area (Å²) < 4.78 is 0. The van der Waals surface area contributed by atoms with Crippen molar-refractivity contribution in [2.75, 3.05) is 0 Å². The normalized spacial score (nSPS) is 11.2. The molecule has 0 saturated carbocycles. The summed E-state index contributed by atoms with van der Waals surface area (Å²) in [5.74, 6) is 0.289. The van der Waals surface area contributed by atoms with Crippen molar-refractivity contribution >= 4 is 27.5 Å². The van der Waals surface area contributed by atoms with Crippen LogP contribution in [0.3, 0.4) is 0 Å². The minimum atomic E-state index is 0.289. The molecule has 0 amide bonds. The lowest BCUT2D eigenvalue weighted by Crippen LogP contribution is -2.04.